The number of likely N-dealkylation sites (tertiary alicyclic amines) is 1. The zero-order valence-corrected chi connectivity index (χ0v) is 20.4. The van der Waals surface area contributed by atoms with Crippen LogP contribution in [0, 0.1) is 5.92 Å². The Morgan fingerprint density at radius 3 is 2.53 bits per heavy atom. The van der Waals surface area contributed by atoms with Crippen molar-refractivity contribution in [2.45, 2.75) is 38.1 Å². The predicted molar refractivity (Wildman–Crippen MR) is 145 cm³/mol. The van der Waals surface area contributed by atoms with Gasteiger partial charge in [-0.15, -0.1) is 4.59 Å². The lowest BCUT2D eigenvalue weighted by molar-refractivity contribution is -0.750. The number of hydrogen-bond donors (Lipinski definition) is 1. The van der Waals surface area contributed by atoms with Crippen LogP contribution >= 0.6 is 0 Å². The maximum atomic E-state index is 7.03. The van der Waals surface area contributed by atoms with E-state index in [1.54, 1.807) is 6.20 Å². The van der Waals surface area contributed by atoms with Crippen LogP contribution in [0.1, 0.15) is 37.7 Å². The normalized spacial score (nSPS) is 27.8. The molecule has 4 aliphatic rings. The number of allylic oxidation sites excluding steroid dienone is 2. The zero-order chi connectivity index (χ0) is 24.1. The van der Waals surface area contributed by atoms with Crippen LogP contribution in [0.15, 0.2) is 94.4 Å². The Morgan fingerprint density at radius 1 is 0.889 bits per heavy atom. The van der Waals surface area contributed by atoms with E-state index in [1.807, 2.05) is 30.6 Å². The van der Waals surface area contributed by atoms with E-state index in [0.717, 1.165) is 57.8 Å². The van der Waals surface area contributed by atoms with Crippen molar-refractivity contribution in [2.24, 2.45) is 21.7 Å². The molecule has 1 aromatic heterocycles. The Kier molecular flexibility index (Phi) is 5.20. The molecule has 7 rings (SSSR count). The van der Waals surface area contributed by atoms with Crippen LogP contribution < -0.4 is 5.84 Å². The molecular weight excluding hydrogens is 444 g/mol. The number of nitrogens with two attached hydrogens (primary N) is 1. The minimum Gasteiger partial charge on any atom is -0.300 e. The van der Waals surface area contributed by atoms with E-state index in [2.05, 4.69) is 52.4 Å². The Labute approximate surface area is 211 Å². The second-order valence-electron chi connectivity index (χ2n) is 10.4. The third-order valence-corrected chi connectivity index (χ3v) is 8.25. The van der Waals surface area contributed by atoms with Gasteiger partial charge in [-0.2, -0.15) is 10.8 Å². The smallest absolute Gasteiger partial charge is 0.264 e. The lowest BCUT2D eigenvalue weighted by Gasteiger charge is -2.44. The highest BCUT2D eigenvalue weighted by atomic mass is 15.6. The molecule has 1 aliphatic carbocycles. The second-order valence-corrected chi connectivity index (χ2v) is 10.4. The molecule has 4 heterocycles. The highest BCUT2D eigenvalue weighted by molar-refractivity contribution is 6.02. The molecule has 2 aromatic carbocycles. The van der Waals surface area contributed by atoms with Gasteiger partial charge >= 0.3 is 0 Å². The number of aromatic nitrogens is 1. The predicted octanol–water partition coefficient (Wildman–Crippen LogP) is 5.38. The molecule has 2 N–H and O–H groups in total. The van der Waals surface area contributed by atoms with E-state index in [-0.39, 0.29) is 4.59 Å². The maximum absolute atomic E-state index is 7.03. The summed E-state index contributed by atoms with van der Waals surface area (Å²) in [5.41, 5.74) is 6.14. The largest absolute Gasteiger partial charge is 0.300 e. The highest BCUT2D eigenvalue weighted by Crippen LogP contribution is 2.44. The molecule has 0 bridgehead atoms. The average molecular weight is 476 g/mol. The Morgan fingerprint density at radius 2 is 1.69 bits per heavy atom. The fourth-order valence-electron chi connectivity index (χ4n) is 6.12. The molecule has 0 spiro atoms. The molecule has 1 unspecified atom stereocenters. The first-order valence-electron chi connectivity index (χ1n) is 13.1. The fraction of sp³-hybridized carbons (Fsp3) is 0.300. The Hall–Kier alpha value is -3.45. The number of quaternary nitrogens is 1. The topological polar surface area (TPSA) is 66.9 Å². The minimum absolute atomic E-state index is 0.0770. The summed E-state index contributed by atoms with van der Waals surface area (Å²) in [6.45, 7) is 2.49. The molecule has 0 amide bonds. The van der Waals surface area contributed by atoms with Crippen molar-refractivity contribution in [1.82, 2.24) is 9.88 Å². The standard InChI is InChI=1S/C30H31N6/c31-36-16-13-32-20-28(36)29(24-17-25(18-24)35-14-5-2-6-15-35)34-30(36)23-10-9-22-11-12-26(33-27(22)19-23)21-7-3-1-4-8-21/h1,3-4,7-13,16,19-20,24-25H,2,5-6,14-15,17-18,31H2/q+1. The molecular formula is C30H31N6+. The van der Waals surface area contributed by atoms with Crippen LogP contribution in [0.2, 0.25) is 0 Å². The number of hydrogen-bond acceptors (Lipinski definition) is 5. The number of fused-ring (bicyclic) bond motifs is 2. The summed E-state index contributed by atoms with van der Waals surface area (Å²) in [5, 5.41) is 1.10. The number of nitrogens with zero attached hydrogens (tertiary/aromatic N) is 5. The van der Waals surface area contributed by atoms with Crippen LogP contribution in [0.5, 0.6) is 0 Å². The van der Waals surface area contributed by atoms with E-state index < -0.39 is 0 Å². The molecule has 3 aromatic rings. The Balaban J connectivity index is 1.22. The number of rotatable bonds is 4. The monoisotopic (exact) mass is 475 g/mol. The van der Waals surface area contributed by atoms with Crippen molar-refractivity contribution in [3.05, 3.63) is 90.0 Å². The van der Waals surface area contributed by atoms with Crippen molar-refractivity contribution in [3.8, 4) is 11.3 Å². The quantitative estimate of drug-likeness (QED) is 0.407. The van der Waals surface area contributed by atoms with Gasteiger partial charge in [-0.25, -0.2) is 4.98 Å². The van der Waals surface area contributed by atoms with Crippen LogP contribution in [0.25, 0.3) is 22.2 Å². The van der Waals surface area contributed by atoms with Gasteiger partial charge in [-0.3, -0.25) is 4.99 Å². The molecule has 1 atom stereocenters. The minimum atomic E-state index is 0.0770. The zero-order valence-electron chi connectivity index (χ0n) is 20.4. The van der Waals surface area contributed by atoms with E-state index in [9.17, 15) is 0 Å². The maximum Gasteiger partial charge on any atom is 0.264 e. The molecule has 0 radical (unpaired) electrons. The van der Waals surface area contributed by atoms with Gasteiger partial charge in [0.15, 0.2) is 0 Å². The number of piperidine rings is 1. The molecule has 180 valence electrons. The van der Waals surface area contributed by atoms with Gasteiger partial charge in [0.05, 0.1) is 29.2 Å². The van der Waals surface area contributed by atoms with Gasteiger partial charge in [0.2, 0.25) is 5.70 Å². The summed E-state index contributed by atoms with van der Waals surface area (Å²) in [5.74, 6) is 8.31. The van der Waals surface area contributed by atoms with Gasteiger partial charge in [-0.05, 0) is 57.0 Å². The van der Waals surface area contributed by atoms with Crippen molar-refractivity contribution in [3.63, 3.8) is 0 Å². The van der Waals surface area contributed by atoms with Crippen molar-refractivity contribution >= 4 is 23.0 Å². The number of amidine groups is 1. The van der Waals surface area contributed by atoms with Gasteiger partial charge in [0, 0.05) is 22.9 Å². The van der Waals surface area contributed by atoms with E-state index in [1.165, 1.54) is 32.4 Å². The SMILES string of the molecule is N[N+]12C=CN=CC1=C(C1CC(N3CCCCC3)C1)N=C2c1ccc2ccc(-c3ccccc3)nc2c1. The lowest BCUT2D eigenvalue weighted by Crippen LogP contribution is -2.53. The molecule has 1 saturated carbocycles. The van der Waals surface area contributed by atoms with Gasteiger partial charge in [0.1, 0.15) is 11.9 Å². The second kappa shape index (κ2) is 8.59. The van der Waals surface area contributed by atoms with Crippen molar-refractivity contribution in [1.29, 1.82) is 0 Å². The first-order valence-corrected chi connectivity index (χ1v) is 13.1. The lowest BCUT2D eigenvalue weighted by atomic mass is 9.76. The fourth-order valence-corrected chi connectivity index (χ4v) is 6.12. The molecule has 2 fully saturated rings. The van der Waals surface area contributed by atoms with Gasteiger partial charge in [-0.1, -0.05) is 48.9 Å². The summed E-state index contributed by atoms with van der Waals surface area (Å²) in [4.78, 5) is 17.3. The van der Waals surface area contributed by atoms with Gasteiger partial charge in [0.25, 0.3) is 5.84 Å². The first kappa shape index (κ1) is 21.8. The van der Waals surface area contributed by atoms with Crippen LogP contribution in [0.4, 0.5) is 0 Å². The van der Waals surface area contributed by atoms with Crippen LogP contribution in [-0.4, -0.2) is 45.7 Å². The molecule has 36 heavy (non-hydrogen) atoms. The molecule has 6 heteroatoms. The van der Waals surface area contributed by atoms with Crippen molar-refractivity contribution < 1.29 is 4.59 Å². The third-order valence-electron chi connectivity index (χ3n) is 8.25. The van der Waals surface area contributed by atoms with Crippen molar-refractivity contribution in [2.75, 3.05) is 13.1 Å². The number of pyridine rings is 1. The highest BCUT2D eigenvalue weighted by Gasteiger charge is 2.48. The summed E-state index contributed by atoms with van der Waals surface area (Å²) in [6.07, 6.45) is 12.0. The molecule has 3 aliphatic heterocycles. The summed E-state index contributed by atoms with van der Waals surface area (Å²) >= 11 is 0. The summed E-state index contributed by atoms with van der Waals surface area (Å²) in [6, 6.07) is 21.6. The van der Waals surface area contributed by atoms with E-state index in [4.69, 9.17) is 15.8 Å². The number of aliphatic imine (C=N–C) groups is 2. The molecule has 6 nitrogen and oxygen atoms in total. The third kappa shape index (κ3) is 3.56. The Bertz CT molecular complexity index is 1440. The van der Waals surface area contributed by atoms with Crippen LogP contribution in [-0.2, 0) is 0 Å². The van der Waals surface area contributed by atoms with Crippen LogP contribution in [0.3, 0.4) is 0 Å². The first-order chi connectivity index (χ1) is 17.7. The number of benzene rings is 2. The summed E-state index contributed by atoms with van der Waals surface area (Å²) in [7, 11) is 0. The summed E-state index contributed by atoms with van der Waals surface area (Å²) < 4.78 is 0.0770. The van der Waals surface area contributed by atoms with E-state index >= 15 is 0 Å². The average Bonchev–Trinajstić information content (AvgIpc) is 3.21. The van der Waals surface area contributed by atoms with E-state index in [0.29, 0.717) is 12.0 Å². The van der Waals surface area contributed by atoms with Gasteiger partial charge < -0.3 is 4.90 Å². The molecule has 1 saturated heterocycles.